The van der Waals surface area contributed by atoms with Crippen molar-refractivity contribution >= 4 is 11.7 Å². The van der Waals surface area contributed by atoms with E-state index in [0.29, 0.717) is 6.42 Å². The molecule has 0 aromatic heterocycles. The summed E-state index contributed by atoms with van der Waals surface area (Å²) in [5, 5.41) is 14.0. The van der Waals surface area contributed by atoms with Gasteiger partial charge >= 0.3 is 0 Å². The van der Waals surface area contributed by atoms with Crippen LogP contribution in [0.25, 0.3) is 0 Å². The number of rotatable bonds is 5. The van der Waals surface area contributed by atoms with Gasteiger partial charge in [0, 0.05) is 5.56 Å². The first kappa shape index (κ1) is 14.7. The first-order chi connectivity index (χ1) is 9.03. The van der Waals surface area contributed by atoms with E-state index in [1.807, 2.05) is 0 Å². The number of nitrogens with one attached hydrogen (secondary N) is 1. The van der Waals surface area contributed by atoms with Crippen LogP contribution in [0.5, 0.6) is 5.75 Å². The largest absolute Gasteiger partial charge is 0.494 e. The summed E-state index contributed by atoms with van der Waals surface area (Å²) in [7, 11) is 1.31. The van der Waals surface area contributed by atoms with Crippen molar-refractivity contribution in [1.82, 2.24) is 5.32 Å². The van der Waals surface area contributed by atoms with Crippen molar-refractivity contribution in [2.75, 3.05) is 7.11 Å². The summed E-state index contributed by atoms with van der Waals surface area (Å²) < 4.78 is 18.0. The van der Waals surface area contributed by atoms with Crippen LogP contribution >= 0.6 is 0 Å². The first-order valence-corrected chi connectivity index (χ1v) is 5.65. The Kier molecular flexibility index (Phi) is 5.11. The number of nitrogens with zero attached hydrogens (tertiary/aromatic N) is 1. The number of benzene rings is 1. The highest BCUT2D eigenvalue weighted by molar-refractivity contribution is 5.98. The molecule has 0 heterocycles. The number of hydrogen-bond acceptors (Lipinski definition) is 4. The predicted octanol–water partition coefficient (Wildman–Crippen LogP) is 1.09. The highest BCUT2D eigenvalue weighted by Crippen LogP contribution is 2.18. The lowest BCUT2D eigenvalue weighted by molar-refractivity contribution is 0.0945. The van der Waals surface area contributed by atoms with Crippen molar-refractivity contribution in [3.63, 3.8) is 0 Å². The fraction of sp³-hybridized carbons (Fsp3) is 0.333. The van der Waals surface area contributed by atoms with Crippen molar-refractivity contribution in [2.24, 2.45) is 10.9 Å². The molecule has 0 fully saturated rings. The van der Waals surface area contributed by atoms with Gasteiger partial charge in [-0.05, 0) is 24.6 Å². The molecule has 1 aromatic rings. The van der Waals surface area contributed by atoms with Crippen LogP contribution in [-0.2, 0) is 0 Å². The van der Waals surface area contributed by atoms with Crippen LogP contribution in [-0.4, -0.2) is 30.1 Å². The quantitative estimate of drug-likeness (QED) is 0.322. The van der Waals surface area contributed by atoms with Gasteiger partial charge in [-0.15, -0.1) is 0 Å². The highest BCUT2D eigenvalue weighted by atomic mass is 19.1. The van der Waals surface area contributed by atoms with Gasteiger partial charge in [-0.3, -0.25) is 4.79 Å². The maximum atomic E-state index is 13.2. The Morgan fingerprint density at radius 1 is 1.63 bits per heavy atom. The minimum Gasteiger partial charge on any atom is -0.494 e. The Bertz CT molecular complexity index is 491. The Labute approximate surface area is 110 Å². The summed E-state index contributed by atoms with van der Waals surface area (Å²) >= 11 is 0. The number of nitrogens with two attached hydrogens (primary N) is 1. The third-order valence-electron chi connectivity index (χ3n) is 2.60. The van der Waals surface area contributed by atoms with Crippen molar-refractivity contribution in [3.8, 4) is 5.75 Å². The van der Waals surface area contributed by atoms with Gasteiger partial charge in [0.25, 0.3) is 5.91 Å². The number of amides is 1. The van der Waals surface area contributed by atoms with E-state index < -0.39 is 17.8 Å². The molecule has 4 N–H and O–H groups in total. The minimum atomic E-state index is -0.589. The summed E-state index contributed by atoms with van der Waals surface area (Å²) in [5.74, 6) is -1.13. The molecule has 104 valence electrons. The highest BCUT2D eigenvalue weighted by Gasteiger charge is 2.17. The molecule has 1 unspecified atom stereocenters. The maximum Gasteiger partial charge on any atom is 0.252 e. The lowest BCUT2D eigenvalue weighted by Gasteiger charge is -2.15. The fourth-order valence-corrected chi connectivity index (χ4v) is 1.50. The molecule has 1 aromatic carbocycles. The minimum absolute atomic E-state index is 0.0236. The molecule has 0 bridgehead atoms. The summed E-state index contributed by atoms with van der Waals surface area (Å²) in [6.07, 6.45) is 0.458. The fourth-order valence-electron chi connectivity index (χ4n) is 1.50. The third kappa shape index (κ3) is 3.57. The van der Waals surface area contributed by atoms with Crippen molar-refractivity contribution in [2.45, 2.75) is 19.4 Å². The normalized spacial score (nSPS) is 12.9. The second-order valence-electron chi connectivity index (χ2n) is 3.81. The zero-order valence-corrected chi connectivity index (χ0v) is 10.7. The van der Waals surface area contributed by atoms with E-state index >= 15 is 0 Å². The summed E-state index contributed by atoms with van der Waals surface area (Å²) in [6.45, 7) is 1.77. The zero-order valence-electron chi connectivity index (χ0n) is 10.7. The summed E-state index contributed by atoms with van der Waals surface area (Å²) in [5.41, 5.74) is 5.66. The van der Waals surface area contributed by atoms with E-state index in [2.05, 4.69) is 10.5 Å². The van der Waals surface area contributed by atoms with Gasteiger partial charge in [0.15, 0.2) is 17.4 Å². The van der Waals surface area contributed by atoms with E-state index in [1.165, 1.54) is 19.2 Å². The molecule has 7 heteroatoms. The average molecular weight is 269 g/mol. The summed E-state index contributed by atoms with van der Waals surface area (Å²) in [4.78, 5) is 11.9. The molecule has 1 atom stereocenters. The number of halogens is 1. The number of amidine groups is 1. The van der Waals surface area contributed by atoms with Crippen LogP contribution in [0.4, 0.5) is 4.39 Å². The lowest BCUT2D eigenvalue weighted by Crippen LogP contribution is -2.44. The molecule has 0 spiro atoms. The molecule has 1 amide bonds. The first-order valence-electron chi connectivity index (χ1n) is 5.65. The third-order valence-corrected chi connectivity index (χ3v) is 2.60. The Balaban J connectivity index is 2.89. The van der Waals surface area contributed by atoms with Gasteiger partial charge in [0.1, 0.15) is 0 Å². The number of carbonyl (C=O) groups is 1. The maximum absolute atomic E-state index is 13.2. The van der Waals surface area contributed by atoms with Crippen molar-refractivity contribution < 1.29 is 19.1 Å². The Hall–Kier alpha value is -2.31. The molecular formula is C12H16FN3O3. The van der Waals surface area contributed by atoms with Gasteiger partial charge in [0.2, 0.25) is 0 Å². The molecule has 0 radical (unpaired) electrons. The standard InChI is InChI=1S/C12H16FN3O3/c1-3-9(11(14)16-18)15-12(17)7-4-5-8(13)10(6-7)19-2/h4-6,9,18H,3H2,1-2H3,(H2,14,16)(H,15,17). The molecule has 1 rings (SSSR count). The average Bonchev–Trinajstić information content (AvgIpc) is 2.44. The molecular weight excluding hydrogens is 253 g/mol. The number of carbonyl (C=O) groups excluding carboxylic acids is 1. The molecule has 6 nitrogen and oxygen atoms in total. The Morgan fingerprint density at radius 2 is 2.32 bits per heavy atom. The predicted molar refractivity (Wildman–Crippen MR) is 67.9 cm³/mol. The van der Waals surface area contributed by atoms with Crippen LogP contribution in [0.1, 0.15) is 23.7 Å². The lowest BCUT2D eigenvalue weighted by atomic mass is 10.1. The second-order valence-corrected chi connectivity index (χ2v) is 3.81. The van der Waals surface area contributed by atoms with Crippen LogP contribution in [0.15, 0.2) is 23.4 Å². The van der Waals surface area contributed by atoms with Gasteiger partial charge in [-0.1, -0.05) is 12.1 Å². The van der Waals surface area contributed by atoms with E-state index in [-0.39, 0.29) is 17.1 Å². The van der Waals surface area contributed by atoms with Crippen LogP contribution in [0.3, 0.4) is 0 Å². The molecule has 0 saturated heterocycles. The van der Waals surface area contributed by atoms with Gasteiger partial charge in [-0.2, -0.15) is 0 Å². The Morgan fingerprint density at radius 3 is 2.84 bits per heavy atom. The summed E-state index contributed by atoms with van der Waals surface area (Å²) in [6, 6.07) is 3.15. The number of methoxy groups -OCH3 is 1. The zero-order chi connectivity index (χ0) is 14.4. The number of oxime groups is 1. The van der Waals surface area contributed by atoms with Crippen LogP contribution in [0.2, 0.25) is 0 Å². The van der Waals surface area contributed by atoms with Crippen LogP contribution < -0.4 is 15.8 Å². The van der Waals surface area contributed by atoms with E-state index in [4.69, 9.17) is 15.7 Å². The molecule has 19 heavy (non-hydrogen) atoms. The molecule has 0 saturated carbocycles. The second kappa shape index (κ2) is 6.58. The van der Waals surface area contributed by atoms with E-state index in [1.54, 1.807) is 6.92 Å². The topological polar surface area (TPSA) is 96.9 Å². The molecule has 0 aliphatic rings. The van der Waals surface area contributed by atoms with E-state index in [0.717, 1.165) is 6.07 Å². The molecule has 0 aliphatic heterocycles. The molecule has 0 aliphatic carbocycles. The van der Waals surface area contributed by atoms with Crippen molar-refractivity contribution in [1.29, 1.82) is 0 Å². The van der Waals surface area contributed by atoms with E-state index in [9.17, 15) is 9.18 Å². The van der Waals surface area contributed by atoms with Gasteiger partial charge in [-0.25, -0.2) is 4.39 Å². The monoisotopic (exact) mass is 269 g/mol. The smallest absolute Gasteiger partial charge is 0.252 e. The van der Waals surface area contributed by atoms with Crippen molar-refractivity contribution in [3.05, 3.63) is 29.6 Å². The SMILES string of the molecule is CCC(NC(=O)c1ccc(F)c(OC)c1)/C(N)=N/O. The van der Waals surface area contributed by atoms with Crippen LogP contribution in [0, 0.1) is 5.82 Å². The number of hydrogen-bond donors (Lipinski definition) is 3. The van der Waals surface area contributed by atoms with Gasteiger partial charge in [0.05, 0.1) is 13.2 Å². The van der Waals surface area contributed by atoms with Gasteiger partial charge < -0.3 is 21.0 Å². The number of ether oxygens (including phenoxy) is 1.